The number of hydrogen-bond acceptors (Lipinski definition) is 5. The fourth-order valence-electron chi connectivity index (χ4n) is 3.83. The highest BCUT2D eigenvalue weighted by molar-refractivity contribution is 6.74. The molecule has 1 aliphatic carbocycles. The first kappa shape index (κ1) is 29.5. The van der Waals surface area contributed by atoms with Gasteiger partial charge >= 0.3 is 12.2 Å². The van der Waals surface area contributed by atoms with Gasteiger partial charge in [-0.2, -0.15) is 0 Å². The second-order valence-electron chi connectivity index (χ2n) is 11.7. The fraction of sp³-hybridized carbons (Fsp3) is 0.840. The molecule has 33 heavy (non-hydrogen) atoms. The van der Waals surface area contributed by atoms with E-state index >= 15 is 0 Å². The van der Waals surface area contributed by atoms with E-state index in [2.05, 4.69) is 33.9 Å². The number of carbonyl (C=O) groups excluding carboxylic acids is 2. The van der Waals surface area contributed by atoms with Crippen LogP contribution < -0.4 is 0 Å². The van der Waals surface area contributed by atoms with Crippen LogP contribution in [0.3, 0.4) is 0 Å². The average Bonchev–Trinajstić information content (AvgIpc) is 2.58. The summed E-state index contributed by atoms with van der Waals surface area (Å²) in [5.74, 6) is 0. The van der Waals surface area contributed by atoms with Crippen molar-refractivity contribution in [2.45, 2.75) is 137 Å². The largest absolute Gasteiger partial charge is 0.441 e. The predicted octanol–water partition coefficient (Wildman–Crippen LogP) is 6.54. The van der Waals surface area contributed by atoms with Gasteiger partial charge in [0, 0.05) is 36.2 Å². The molecule has 0 aromatic heterocycles. The zero-order valence-electron chi connectivity index (χ0n) is 23.2. The first-order valence-electron chi connectivity index (χ1n) is 12.3. The third-order valence-corrected chi connectivity index (χ3v) is 11.1. The van der Waals surface area contributed by atoms with E-state index < -0.39 is 20.5 Å². The lowest BCUT2D eigenvalue weighted by Crippen LogP contribution is -2.53. The minimum Gasteiger partial charge on any atom is -0.441 e. The van der Waals surface area contributed by atoms with Crippen molar-refractivity contribution in [1.82, 2.24) is 9.80 Å². The van der Waals surface area contributed by atoms with Crippen LogP contribution in [0.1, 0.15) is 82.6 Å². The van der Waals surface area contributed by atoms with Crippen molar-refractivity contribution < 1.29 is 23.5 Å². The SMILES string of the molecule is CC(C)N(C(=O)OC=C1[C@H](OC(=O)N(C(C)C)C(C)C)C[C@H]1O[Si](C)(C)C(C)(C)C)C(C)C. The van der Waals surface area contributed by atoms with E-state index in [0.717, 1.165) is 0 Å². The molecule has 8 heteroatoms. The molecule has 0 spiro atoms. The molecule has 0 bridgehead atoms. The van der Waals surface area contributed by atoms with Crippen LogP contribution in [0, 0.1) is 0 Å². The normalized spacial score (nSPS) is 20.5. The van der Waals surface area contributed by atoms with Gasteiger partial charge in [0.2, 0.25) is 0 Å². The molecule has 0 heterocycles. The van der Waals surface area contributed by atoms with E-state index in [4.69, 9.17) is 13.9 Å². The Labute approximate surface area is 202 Å². The number of ether oxygens (including phenoxy) is 2. The molecular weight excluding hydrogens is 436 g/mol. The van der Waals surface area contributed by atoms with Crippen LogP contribution in [0.2, 0.25) is 18.1 Å². The van der Waals surface area contributed by atoms with Crippen LogP contribution in [-0.2, 0) is 13.9 Å². The van der Waals surface area contributed by atoms with Crippen LogP contribution in [0.5, 0.6) is 0 Å². The molecule has 1 aliphatic rings. The molecule has 0 aromatic carbocycles. The second kappa shape index (κ2) is 11.3. The smallest absolute Gasteiger partial charge is 0.415 e. The molecule has 1 fully saturated rings. The minimum absolute atomic E-state index is 0.0100. The van der Waals surface area contributed by atoms with Crippen molar-refractivity contribution in [1.29, 1.82) is 0 Å². The van der Waals surface area contributed by atoms with E-state index in [1.165, 1.54) is 6.26 Å². The van der Waals surface area contributed by atoms with Gasteiger partial charge in [-0.15, -0.1) is 0 Å². The predicted molar refractivity (Wildman–Crippen MR) is 136 cm³/mol. The molecule has 1 saturated carbocycles. The summed E-state index contributed by atoms with van der Waals surface area (Å²) in [6.07, 6.45) is 0.541. The fourth-order valence-corrected chi connectivity index (χ4v) is 5.12. The first-order chi connectivity index (χ1) is 14.9. The van der Waals surface area contributed by atoms with Crippen molar-refractivity contribution in [2.24, 2.45) is 0 Å². The van der Waals surface area contributed by atoms with E-state index in [0.29, 0.717) is 12.0 Å². The molecule has 0 unspecified atom stereocenters. The van der Waals surface area contributed by atoms with Gasteiger partial charge in [-0.25, -0.2) is 9.59 Å². The molecule has 0 aromatic rings. The van der Waals surface area contributed by atoms with E-state index in [1.54, 1.807) is 9.80 Å². The maximum Gasteiger partial charge on any atom is 0.415 e. The average molecular weight is 485 g/mol. The summed E-state index contributed by atoms with van der Waals surface area (Å²) in [5, 5.41) is 0.0364. The van der Waals surface area contributed by atoms with Gasteiger partial charge in [-0.3, -0.25) is 0 Å². The van der Waals surface area contributed by atoms with Gasteiger partial charge < -0.3 is 23.7 Å². The Kier molecular flexibility index (Phi) is 10.1. The summed E-state index contributed by atoms with van der Waals surface area (Å²) in [4.78, 5) is 29.0. The van der Waals surface area contributed by atoms with Crippen molar-refractivity contribution in [3.05, 3.63) is 11.8 Å². The quantitative estimate of drug-likeness (QED) is 0.289. The standard InChI is InChI=1S/C25H48N2O5Si/c1-16(2)26(17(3)4)23(28)30-15-20-21(31-24(29)27(18(5)6)19(7)8)14-22(20)32-33(12,13)25(9,10)11/h15-19,21-22H,14H2,1-13H3/t21-,22-/m1/s1. The third-order valence-electron chi connectivity index (χ3n) is 6.60. The highest BCUT2D eigenvalue weighted by atomic mass is 28.4. The zero-order chi connectivity index (χ0) is 25.9. The molecule has 2 amide bonds. The summed E-state index contributed by atoms with van der Waals surface area (Å²) >= 11 is 0. The van der Waals surface area contributed by atoms with Crippen LogP contribution >= 0.6 is 0 Å². The highest BCUT2D eigenvalue weighted by Gasteiger charge is 2.47. The van der Waals surface area contributed by atoms with Crippen molar-refractivity contribution in [2.75, 3.05) is 0 Å². The number of hydrogen-bond donors (Lipinski definition) is 0. The summed E-state index contributed by atoms with van der Waals surface area (Å²) in [7, 11) is -2.06. The molecule has 0 radical (unpaired) electrons. The molecule has 0 N–H and O–H groups in total. The Bertz CT molecular complexity index is 694. The van der Waals surface area contributed by atoms with E-state index in [-0.39, 0.29) is 41.4 Å². The van der Waals surface area contributed by atoms with Gasteiger partial charge in [0.15, 0.2) is 8.32 Å². The van der Waals surface area contributed by atoms with Crippen LogP contribution in [-0.4, -0.2) is 66.7 Å². The lowest BCUT2D eigenvalue weighted by atomic mass is 9.86. The van der Waals surface area contributed by atoms with Crippen LogP contribution in [0.15, 0.2) is 11.8 Å². The Balaban J connectivity index is 3.12. The molecule has 192 valence electrons. The Morgan fingerprint density at radius 2 is 1.27 bits per heavy atom. The summed E-state index contributed by atoms with van der Waals surface area (Å²) in [6.45, 7) is 26.6. The lowest BCUT2D eigenvalue weighted by molar-refractivity contribution is -0.000816. The molecule has 7 nitrogen and oxygen atoms in total. The zero-order valence-corrected chi connectivity index (χ0v) is 24.2. The summed E-state index contributed by atoms with van der Waals surface area (Å²) < 4.78 is 18.0. The highest BCUT2D eigenvalue weighted by Crippen LogP contribution is 2.42. The van der Waals surface area contributed by atoms with Gasteiger partial charge in [0.1, 0.15) is 12.4 Å². The second-order valence-corrected chi connectivity index (χ2v) is 16.4. The third kappa shape index (κ3) is 7.47. The first-order valence-corrected chi connectivity index (χ1v) is 15.2. The van der Waals surface area contributed by atoms with Crippen LogP contribution in [0.25, 0.3) is 0 Å². The number of carbonyl (C=O) groups is 2. The summed E-state index contributed by atoms with van der Waals surface area (Å²) in [6, 6.07) is 0.0622. The number of amides is 2. The Hall–Kier alpha value is -1.54. The van der Waals surface area contributed by atoms with Crippen molar-refractivity contribution in [3.63, 3.8) is 0 Å². The maximum atomic E-state index is 12.9. The molecule has 1 rings (SSSR count). The Morgan fingerprint density at radius 1 is 0.848 bits per heavy atom. The van der Waals surface area contributed by atoms with Crippen LogP contribution in [0.4, 0.5) is 9.59 Å². The van der Waals surface area contributed by atoms with Crippen molar-refractivity contribution >= 4 is 20.5 Å². The number of nitrogens with zero attached hydrogens (tertiary/aromatic N) is 2. The topological polar surface area (TPSA) is 68.3 Å². The van der Waals surface area contributed by atoms with Gasteiger partial charge in [-0.1, -0.05) is 20.8 Å². The van der Waals surface area contributed by atoms with Gasteiger partial charge in [0.05, 0.1) is 6.10 Å². The molecule has 0 aliphatic heterocycles. The number of rotatable bonds is 8. The lowest BCUT2D eigenvalue weighted by Gasteiger charge is -2.46. The minimum atomic E-state index is -2.06. The van der Waals surface area contributed by atoms with Gasteiger partial charge in [0.25, 0.3) is 0 Å². The Morgan fingerprint density at radius 3 is 1.67 bits per heavy atom. The molecular formula is C25H48N2O5Si. The van der Waals surface area contributed by atoms with E-state index in [9.17, 15) is 9.59 Å². The van der Waals surface area contributed by atoms with Gasteiger partial charge in [-0.05, 0) is 73.5 Å². The summed E-state index contributed by atoms with van der Waals surface area (Å²) in [5.41, 5.74) is 0.710. The monoisotopic (exact) mass is 484 g/mol. The molecule has 2 atom stereocenters. The maximum absolute atomic E-state index is 12.9. The van der Waals surface area contributed by atoms with E-state index in [1.807, 2.05) is 55.4 Å². The van der Waals surface area contributed by atoms with Crippen molar-refractivity contribution in [3.8, 4) is 0 Å². The molecule has 0 saturated heterocycles.